The number of nitrogens with zero attached hydrogens (tertiary/aromatic N) is 6. The fourth-order valence-corrected chi connectivity index (χ4v) is 3.76. The third-order valence-corrected chi connectivity index (χ3v) is 5.39. The van der Waals surface area contributed by atoms with Crippen LogP contribution in [0.2, 0.25) is 0 Å². The van der Waals surface area contributed by atoms with Crippen LogP contribution in [0.1, 0.15) is 11.5 Å². The van der Waals surface area contributed by atoms with Crippen molar-refractivity contribution < 1.29 is 9.25 Å². The lowest BCUT2D eigenvalue weighted by Crippen LogP contribution is -2.31. The molecule has 0 radical (unpaired) electrons. The van der Waals surface area contributed by atoms with Crippen LogP contribution >= 0.6 is 11.5 Å². The largest absolute Gasteiger partial charge is 0.495 e. The summed E-state index contributed by atoms with van der Waals surface area (Å²) in [5, 5.41) is 15.5. The number of aryl methyl sites for hydroxylation is 1. The Balaban J connectivity index is 1.46. The van der Waals surface area contributed by atoms with E-state index in [0.717, 1.165) is 44.5 Å². The summed E-state index contributed by atoms with van der Waals surface area (Å²) in [6, 6.07) is 9.67. The maximum absolute atomic E-state index is 5.23. The van der Waals surface area contributed by atoms with Crippen molar-refractivity contribution in [1.82, 2.24) is 29.6 Å². The van der Waals surface area contributed by atoms with Crippen molar-refractivity contribution in [2.75, 3.05) is 12.4 Å². The second-order valence-corrected chi connectivity index (χ2v) is 7.25. The minimum Gasteiger partial charge on any atom is -0.495 e. The number of ether oxygens (including phenoxy) is 1. The predicted octanol–water partition coefficient (Wildman–Crippen LogP) is 2.54. The number of pyridine rings is 2. The van der Waals surface area contributed by atoms with Crippen molar-refractivity contribution >= 4 is 33.9 Å². The van der Waals surface area contributed by atoms with E-state index < -0.39 is 0 Å². The molecular formula is C19H17N8OS+. The topological polar surface area (TPSA) is 106 Å². The number of aromatic nitrogens is 7. The van der Waals surface area contributed by atoms with E-state index >= 15 is 0 Å². The Bertz CT molecular complexity index is 1330. The number of nitrogens with one attached hydrogen (secondary N) is 2. The molecule has 0 unspecified atom stereocenters. The molecule has 9 nitrogen and oxygen atoms in total. The molecule has 0 atom stereocenters. The molecule has 0 saturated carbocycles. The molecule has 0 spiro atoms. The Labute approximate surface area is 169 Å². The first-order valence-corrected chi connectivity index (χ1v) is 9.71. The van der Waals surface area contributed by atoms with Gasteiger partial charge in [0.2, 0.25) is 0 Å². The van der Waals surface area contributed by atoms with Crippen LogP contribution in [0.25, 0.3) is 27.3 Å². The number of methoxy groups -OCH3 is 1. The van der Waals surface area contributed by atoms with Gasteiger partial charge in [-0.3, -0.25) is 4.98 Å². The molecule has 5 rings (SSSR count). The van der Waals surface area contributed by atoms with Crippen LogP contribution in [0.15, 0.2) is 42.7 Å². The molecule has 0 saturated heterocycles. The zero-order chi connectivity index (χ0) is 19.8. The summed E-state index contributed by atoms with van der Waals surface area (Å²) in [4.78, 5) is 9.86. The van der Waals surface area contributed by atoms with Crippen LogP contribution in [0.3, 0.4) is 0 Å². The molecule has 0 fully saturated rings. The van der Waals surface area contributed by atoms with Gasteiger partial charge in [-0.05, 0) is 36.7 Å². The van der Waals surface area contributed by atoms with Gasteiger partial charge in [-0.2, -0.15) is 4.37 Å². The standard InChI is InChI=1S/C19H16N8OS/c1-11-7-16(29-26-11)13-3-4-17-23-24-18(27(17)25-13)10-21-14-5-6-20-15-8-12(28-2)9-22-19(14)15/h3-9H,10H2,1-2H3,(H,20,21)/p+1. The number of rotatable bonds is 5. The summed E-state index contributed by atoms with van der Waals surface area (Å²) in [5.41, 5.74) is 5.00. The first-order chi connectivity index (χ1) is 14.2. The maximum atomic E-state index is 5.23. The zero-order valence-corrected chi connectivity index (χ0v) is 16.6. The van der Waals surface area contributed by atoms with E-state index in [4.69, 9.17) is 9.84 Å². The summed E-state index contributed by atoms with van der Waals surface area (Å²) in [7, 11) is 1.61. The lowest BCUT2D eigenvalue weighted by atomic mass is 10.2. The van der Waals surface area contributed by atoms with Gasteiger partial charge in [-0.1, -0.05) is 4.52 Å². The van der Waals surface area contributed by atoms with E-state index in [0.29, 0.717) is 12.3 Å². The van der Waals surface area contributed by atoms with Crippen molar-refractivity contribution in [1.29, 1.82) is 0 Å². The number of H-pyrrole nitrogens is 1. The SMILES string of the molecule is COc1cnc2c(NCc3[nH]nc4ccc(-c5cc(C)ns5)n[n+]34)ccnc2c1. The number of aromatic amines is 1. The van der Waals surface area contributed by atoms with E-state index in [-0.39, 0.29) is 0 Å². The van der Waals surface area contributed by atoms with Crippen molar-refractivity contribution in [3.8, 4) is 16.3 Å². The maximum Gasteiger partial charge on any atom is 0.325 e. The van der Waals surface area contributed by atoms with Gasteiger partial charge in [0.05, 0.1) is 35.1 Å². The van der Waals surface area contributed by atoms with E-state index in [2.05, 4.69) is 29.9 Å². The zero-order valence-electron chi connectivity index (χ0n) is 15.7. The average Bonchev–Trinajstić information content (AvgIpc) is 3.37. The Kier molecular flexibility index (Phi) is 4.24. The summed E-state index contributed by atoms with van der Waals surface area (Å²) in [5.74, 6) is 1.49. The van der Waals surface area contributed by atoms with Crippen LogP contribution in [-0.2, 0) is 6.54 Å². The fourth-order valence-electron chi connectivity index (χ4n) is 3.04. The molecule has 10 heteroatoms. The molecular weight excluding hydrogens is 388 g/mol. The third kappa shape index (κ3) is 3.23. The molecule has 5 aromatic rings. The van der Waals surface area contributed by atoms with Gasteiger partial charge in [-0.15, -0.1) is 10.2 Å². The Morgan fingerprint density at radius 2 is 2.14 bits per heavy atom. The van der Waals surface area contributed by atoms with Gasteiger partial charge in [0, 0.05) is 23.4 Å². The number of anilines is 1. The molecule has 144 valence electrons. The van der Waals surface area contributed by atoms with Crippen molar-refractivity contribution in [3.05, 3.63) is 54.2 Å². The Morgan fingerprint density at radius 3 is 2.97 bits per heavy atom. The molecule has 0 aliphatic heterocycles. The molecule has 5 aromatic heterocycles. The average molecular weight is 405 g/mol. The van der Waals surface area contributed by atoms with Crippen LogP contribution in [0, 0.1) is 6.92 Å². The minimum atomic E-state index is 0.492. The first-order valence-electron chi connectivity index (χ1n) is 8.94. The summed E-state index contributed by atoms with van der Waals surface area (Å²) in [6.07, 6.45) is 3.42. The highest BCUT2D eigenvalue weighted by Crippen LogP contribution is 2.23. The van der Waals surface area contributed by atoms with E-state index in [1.54, 1.807) is 24.0 Å². The highest BCUT2D eigenvalue weighted by atomic mass is 32.1. The molecule has 0 aliphatic carbocycles. The van der Waals surface area contributed by atoms with Gasteiger partial charge >= 0.3 is 5.65 Å². The van der Waals surface area contributed by atoms with Crippen LogP contribution < -0.4 is 14.6 Å². The normalized spacial score (nSPS) is 11.2. The Hall–Kier alpha value is -3.66. The molecule has 0 aromatic carbocycles. The van der Waals surface area contributed by atoms with Crippen molar-refractivity contribution in [2.45, 2.75) is 13.5 Å². The third-order valence-electron chi connectivity index (χ3n) is 4.49. The second kappa shape index (κ2) is 7.06. The molecule has 0 amide bonds. The molecule has 5 heterocycles. The predicted molar refractivity (Wildman–Crippen MR) is 109 cm³/mol. The fraction of sp³-hybridized carbons (Fsp3) is 0.158. The second-order valence-electron chi connectivity index (χ2n) is 6.45. The van der Waals surface area contributed by atoms with Crippen molar-refractivity contribution in [2.24, 2.45) is 0 Å². The van der Waals surface area contributed by atoms with Crippen LogP contribution in [-0.4, -0.2) is 36.7 Å². The first kappa shape index (κ1) is 17.4. The minimum absolute atomic E-state index is 0.492. The summed E-state index contributed by atoms with van der Waals surface area (Å²) >= 11 is 1.44. The molecule has 2 N–H and O–H groups in total. The number of hydrogen-bond donors (Lipinski definition) is 2. The van der Waals surface area contributed by atoms with Gasteiger partial charge < -0.3 is 10.1 Å². The highest BCUT2D eigenvalue weighted by molar-refractivity contribution is 7.09. The summed E-state index contributed by atoms with van der Waals surface area (Å²) in [6.45, 7) is 2.47. The van der Waals surface area contributed by atoms with Gasteiger partial charge in [-0.25, -0.2) is 4.98 Å². The van der Waals surface area contributed by atoms with Crippen molar-refractivity contribution in [3.63, 3.8) is 0 Å². The van der Waals surface area contributed by atoms with Gasteiger partial charge in [0.1, 0.15) is 23.5 Å². The quantitative estimate of drug-likeness (QED) is 0.433. The number of fused-ring (bicyclic) bond motifs is 2. The van der Waals surface area contributed by atoms with E-state index in [1.807, 2.05) is 37.3 Å². The van der Waals surface area contributed by atoms with E-state index in [1.165, 1.54) is 11.5 Å². The number of hydrogen-bond acceptors (Lipinski definition) is 8. The van der Waals surface area contributed by atoms with Gasteiger partial charge in [0.15, 0.2) is 0 Å². The molecule has 0 aliphatic rings. The van der Waals surface area contributed by atoms with Gasteiger partial charge in [0.25, 0.3) is 5.82 Å². The van der Waals surface area contributed by atoms with E-state index in [9.17, 15) is 0 Å². The smallest absolute Gasteiger partial charge is 0.325 e. The highest BCUT2D eigenvalue weighted by Gasteiger charge is 2.17. The van der Waals surface area contributed by atoms with Crippen LogP contribution in [0.4, 0.5) is 5.69 Å². The lowest BCUT2D eigenvalue weighted by Gasteiger charge is -2.07. The Morgan fingerprint density at radius 1 is 1.21 bits per heavy atom. The van der Waals surface area contributed by atoms with Crippen LogP contribution in [0.5, 0.6) is 5.75 Å². The summed E-state index contributed by atoms with van der Waals surface area (Å²) < 4.78 is 11.4. The molecule has 29 heavy (non-hydrogen) atoms. The monoisotopic (exact) mass is 405 g/mol. The molecule has 0 bridgehead atoms. The lowest BCUT2D eigenvalue weighted by molar-refractivity contribution is -0.588.